The summed E-state index contributed by atoms with van der Waals surface area (Å²) in [7, 11) is 0. The number of rotatable bonds is 0. The average Bonchev–Trinajstić information content (AvgIpc) is 2.17. The molecule has 4 heteroatoms. The summed E-state index contributed by atoms with van der Waals surface area (Å²) in [6.45, 7) is 0. The van der Waals surface area contributed by atoms with Gasteiger partial charge in [-0.3, -0.25) is 9.98 Å². The fourth-order valence-corrected chi connectivity index (χ4v) is 1.74. The van der Waals surface area contributed by atoms with Crippen LogP contribution < -0.4 is 5.73 Å². The van der Waals surface area contributed by atoms with Crippen molar-refractivity contribution in [1.82, 2.24) is 0 Å². The first-order chi connectivity index (χ1) is 5.36. The lowest BCUT2D eigenvalue weighted by Gasteiger charge is -1.93. The molecule has 2 rings (SSSR count). The van der Waals surface area contributed by atoms with Crippen LogP contribution in [-0.4, -0.2) is 17.4 Å². The van der Waals surface area contributed by atoms with Crippen molar-refractivity contribution in [3.8, 4) is 0 Å². The molecule has 1 unspecified atom stereocenters. The second-order valence-corrected chi connectivity index (χ2v) is 3.33. The maximum atomic E-state index is 5.59. The van der Waals surface area contributed by atoms with E-state index in [2.05, 4.69) is 9.98 Å². The van der Waals surface area contributed by atoms with E-state index < -0.39 is 0 Å². The van der Waals surface area contributed by atoms with Crippen LogP contribution >= 0.6 is 11.8 Å². The summed E-state index contributed by atoms with van der Waals surface area (Å²) in [5, 5.41) is 0. The summed E-state index contributed by atoms with van der Waals surface area (Å²) >= 11 is 1.56. The molecule has 3 nitrogen and oxygen atoms in total. The number of hydrogen-bond acceptors (Lipinski definition) is 4. The topological polar surface area (TPSA) is 50.7 Å². The number of nitrogens with two attached hydrogens (primary N) is 1. The molecule has 0 aromatic carbocycles. The summed E-state index contributed by atoms with van der Waals surface area (Å²) in [6, 6.07) is 0. The molecular formula is C7H7N3S. The fraction of sp³-hybridized carbons (Fsp3) is 0.143. The van der Waals surface area contributed by atoms with Gasteiger partial charge in [-0.05, 0) is 12.2 Å². The first kappa shape index (κ1) is 6.82. The van der Waals surface area contributed by atoms with Crippen molar-refractivity contribution >= 4 is 23.7 Å². The first-order valence-electron chi connectivity index (χ1n) is 3.27. The second-order valence-electron chi connectivity index (χ2n) is 2.17. The quantitative estimate of drug-likeness (QED) is 0.579. The largest absolute Gasteiger partial charge is 0.301 e. The van der Waals surface area contributed by atoms with Crippen LogP contribution in [-0.2, 0) is 0 Å². The van der Waals surface area contributed by atoms with Crippen molar-refractivity contribution in [3.05, 3.63) is 23.3 Å². The molecule has 2 heterocycles. The third-order valence-corrected chi connectivity index (χ3v) is 2.33. The summed E-state index contributed by atoms with van der Waals surface area (Å²) in [4.78, 5) is 9.27. The lowest BCUT2D eigenvalue weighted by atomic mass is 10.3. The molecule has 0 saturated carbocycles. The van der Waals surface area contributed by atoms with Crippen LogP contribution in [0.15, 0.2) is 33.2 Å². The Morgan fingerprint density at radius 1 is 1.55 bits per heavy atom. The highest BCUT2D eigenvalue weighted by molar-refractivity contribution is 8.05. The van der Waals surface area contributed by atoms with Gasteiger partial charge in [-0.25, -0.2) is 0 Å². The standard InChI is InChI=1S/C7H7N3S/c8-7-10-5-4-9-3-1-2-6(5)11-7/h1-4,7H,8H2. The van der Waals surface area contributed by atoms with E-state index in [-0.39, 0.29) is 5.50 Å². The molecule has 2 aliphatic heterocycles. The Kier molecular flexibility index (Phi) is 1.63. The smallest absolute Gasteiger partial charge is 0.149 e. The Balaban J connectivity index is 2.39. The Bertz CT molecular complexity index is 288. The molecule has 0 amide bonds. The Morgan fingerprint density at radius 3 is 3.36 bits per heavy atom. The summed E-state index contributed by atoms with van der Waals surface area (Å²) in [5.74, 6) is 0. The normalized spacial score (nSPS) is 27.5. The van der Waals surface area contributed by atoms with Crippen LogP contribution in [0.5, 0.6) is 0 Å². The number of thioether (sulfide) groups is 1. The molecule has 0 spiro atoms. The van der Waals surface area contributed by atoms with Crippen LogP contribution in [0.25, 0.3) is 0 Å². The third kappa shape index (κ3) is 1.27. The summed E-state index contributed by atoms with van der Waals surface area (Å²) in [6.07, 6.45) is 7.33. The lowest BCUT2D eigenvalue weighted by molar-refractivity contribution is 1.01. The molecule has 2 aliphatic rings. The Labute approximate surface area is 68.8 Å². The van der Waals surface area contributed by atoms with Gasteiger partial charge in [-0.15, -0.1) is 0 Å². The van der Waals surface area contributed by atoms with Crippen LogP contribution in [0.4, 0.5) is 0 Å². The maximum absolute atomic E-state index is 5.59. The monoisotopic (exact) mass is 165 g/mol. The number of hydrogen-bond donors (Lipinski definition) is 1. The van der Waals surface area contributed by atoms with E-state index in [9.17, 15) is 0 Å². The molecule has 0 aliphatic carbocycles. The summed E-state index contributed by atoms with van der Waals surface area (Å²) < 4.78 is 0. The molecule has 0 bridgehead atoms. The molecule has 0 saturated heterocycles. The van der Waals surface area contributed by atoms with Crippen LogP contribution in [0, 0.1) is 0 Å². The van der Waals surface area contributed by atoms with Crippen molar-refractivity contribution < 1.29 is 0 Å². The minimum atomic E-state index is -0.144. The minimum absolute atomic E-state index is 0.144. The van der Waals surface area contributed by atoms with Gasteiger partial charge in [0.05, 0.1) is 11.9 Å². The van der Waals surface area contributed by atoms with E-state index >= 15 is 0 Å². The van der Waals surface area contributed by atoms with Gasteiger partial charge in [0.2, 0.25) is 0 Å². The van der Waals surface area contributed by atoms with E-state index in [4.69, 9.17) is 5.73 Å². The Morgan fingerprint density at radius 2 is 2.45 bits per heavy atom. The number of nitrogens with zero attached hydrogens (tertiary/aromatic N) is 2. The van der Waals surface area contributed by atoms with E-state index in [0.29, 0.717) is 0 Å². The van der Waals surface area contributed by atoms with Crippen LogP contribution in [0.2, 0.25) is 0 Å². The van der Waals surface area contributed by atoms with Crippen molar-refractivity contribution in [2.24, 2.45) is 15.7 Å². The highest BCUT2D eigenvalue weighted by Gasteiger charge is 2.18. The van der Waals surface area contributed by atoms with Crippen LogP contribution in [0.1, 0.15) is 0 Å². The first-order valence-corrected chi connectivity index (χ1v) is 4.15. The Hall–Kier alpha value is -0.870. The minimum Gasteiger partial charge on any atom is -0.301 e. The zero-order valence-corrected chi connectivity index (χ0v) is 6.58. The molecular weight excluding hydrogens is 158 g/mol. The molecule has 11 heavy (non-hydrogen) atoms. The average molecular weight is 165 g/mol. The molecule has 1 atom stereocenters. The zero-order chi connectivity index (χ0) is 7.68. The fourth-order valence-electron chi connectivity index (χ4n) is 0.933. The van der Waals surface area contributed by atoms with Gasteiger partial charge in [0.25, 0.3) is 0 Å². The SMILES string of the molecule is NC1N=C2C=NC=CC=C2S1. The molecule has 56 valence electrons. The molecule has 0 radical (unpaired) electrons. The number of allylic oxidation sites excluding steroid dienone is 3. The van der Waals surface area contributed by atoms with Crippen molar-refractivity contribution in [3.63, 3.8) is 0 Å². The van der Waals surface area contributed by atoms with Gasteiger partial charge in [0.1, 0.15) is 5.50 Å². The third-order valence-electron chi connectivity index (χ3n) is 1.38. The predicted molar refractivity (Wildman–Crippen MR) is 48.7 cm³/mol. The lowest BCUT2D eigenvalue weighted by Crippen LogP contribution is -2.07. The number of aliphatic imine (C=N–C) groups is 2. The van der Waals surface area contributed by atoms with E-state index in [0.717, 1.165) is 10.6 Å². The van der Waals surface area contributed by atoms with Gasteiger partial charge in [0.15, 0.2) is 0 Å². The molecule has 0 aromatic rings. The molecule has 0 aromatic heterocycles. The van der Waals surface area contributed by atoms with Crippen molar-refractivity contribution in [2.45, 2.75) is 5.50 Å². The highest BCUT2D eigenvalue weighted by Crippen LogP contribution is 2.28. The molecule has 0 fully saturated rings. The van der Waals surface area contributed by atoms with Gasteiger partial charge in [-0.2, -0.15) is 0 Å². The molecule has 2 N–H and O–H groups in total. The van der Waals surface area contributed by atoms with E-state index in [1.54, 1.807) is 24.2 Å². The van der Waals surface area contributed by atoms with E-state index in [1.807, 2.05) is 12.2 Å². The van der Waals surface area contributed by atoms with Gasteiger partial charge in [0, 0.05) is 11.1 Å². The van der Waals surface area contributed by atoms with Gasteiger partial charge < -0.3 is 5.73 Å². The van der Waals surface area contributed by atoms with E-state index in [1.165, 1.54) is 0 Å². The van der Waals surface area contributed by atoms with Crippen molar-refractivity contribution in [1.29, 1.82) is 0 Å². The highest BCUT2D eigenvalue weighted by atomic mass is 32.2. The maximum Gasteiger partial charge on any atom is 0.149 e. The van der Waals surface area contributed by atoms with Gasteiger partial charge >= 0.3 is 0 Å². The number of fused-ring (bicyclic) bond motifs is 1. The zero-order valence-electron chi connectivity index (χ0n) is 5.77. The summed E-state index contributed by atoms with van der Waals surface area (Å²) in [5.41, 5.74) is 6.35. The predicted octanol–water partition coefficient (Wildman–Crippen LogP) is 0.899. The van der Waals surface area contributed by atoms with Gasteiger partial charge in [-0.1, -0.05) is 11.8 Å². The van der Waals surface area contributed by atoms with Crippen molar-refractivity contribution in [2.75, 3.05) is 0 Å². The second kappa shape index (κ2) is 2.64. The van der Waals surface area contributed by atoms with Crippen LogP contribution in [0.3, 0.4) is 0 Å².